The second-order valence-corrected chi connectivity index (χ2v) is 6.09. The van der Waals surface area contributed by atoms with E-state index in [1.165, 1.54) is 6.07 Å². The van der Waals surface area contributed by atoms with Crippen molar-refractivity contribution in [3.63, 3.8) is 0 Å². The van der Waals surface area contributed by atoms with Gasteiger partial charge in [0, 0.05) is 16.9 Å². The first-order chi connectivity index (χ1) is 8.61. The Morgan fingerprint density at radius 1 is 1.44 bits per heavy atom. The highest BCUT2D eigenvalue weighted by Gasteiger charge is 2.27. The van der Waals surface area contributed by atoms with E-state index < -0.39 is 0 Å². The number of hydrogen-bond donors (Lipinski definition) is 2. The minimum atomic E-state index is -0.115. The fourth-order valence-corrected chi connectivity index (χ4v) is 3.34. The number of aromatic hydroxyl groups is 1. The summed E-state index contributed by atoms with van der Waals surface area (Å²) in [6.07, 6.45) is 3.35. The predicted molar refractivity (Wildman–Crippen MR) is 78.2 cm³/mol. The third-order valence-electron chi connectivity index (χ3n) is 3.38. The van der Waals surface area contributed by atoms with Gasteiger partial charge in [0.05, 0.1) is 4.47 Å². The van der Waals surface area contributed by atoms with Crippen molar-refractivity contribution in [1.82, 2.24) is 5.32 Å². The second kappa shape index (κ2) is 6.06. The molecule has 2 rings (SSSR count). The number of nitrogens with one attached hydrogen (secondary N) is 1. The van der Waals surface area contributed by atoms with Gasteiger partial charge in [0.15, 0.2) is 0 Å². The number of carbonyl (C=O) groups is 1. The quantitative estimate of drug-likeness (QED) is 0.793. The number of amides is 1. The van der Waals surface area contributed by atoms with Gasteiger partial charge in [0.25, 0.3) is 5.91 Å². The second-order valence-electron chi connectivity index (χ2n) is 4.59. The molecule has 0 saturated heterocycles. The Bertz CT molecular complexity index is 451. The summed E-state index contributed by atoms with van der Waals surface area (Å²) in [5.41, 5.74) is 0.496. The van der Waals surface area contributed by atoms with Crippen molar-refractivity contribution < 1.29 is 9.90 Å². The third-order valence-corrected chi connectivity index (χ3v) is 4.88. The predicted octanol–water partition coefficient (Wildman–Crippen LogP) is 3.45. The Balaban J connectivity index is 2.05. The van der Waals surface area contributed by atoms with E-state index in [4.69, 9.17) is 0 Å². The molecular formula is C13H15Br2NO2. The van der Waals surface area contributed by atoms with E-state index in [1.54, 1.807) is 12.1 Å². The molecule has 0 aliphatic heterocycles. The molecule has 18 heavy (non-hydrogen) atoms. The van der Waals surface area contributed by atoms with Crippen molar-refractivity contribution in [3.8, 4) is 5.75 Å². The molecule has 5 heteroatoms. The Morgan fingerprint density at radius 2 is 2.22 bits per heavy atom. The van der Waals surface area contributed by atoms with Crippen molar-refractivity contribution in [3.05, 3.63) is 28.2 Å². The Hall–Kier alpha value is -0.550. The minimum Gasteiger partial charge on any atom is -0.507 e. The minimum absolute atomic E-state index is 0.0890. The van der Waals surface area contributed by atoms with Crippen LogP contribution < -0.4 is 5.32 Å². The lowest BCUT2D eigenvalue weighted by atomic mass is 10.1. The average Bonchev–Trinajstić information content (AvgIpc) is 2.79. The zero-order valence-corrected chi connectivity index (χ0v) is 13.0. The van der Waals surface area contributed by atoms with E-state index >= 15 is 0 Å². The molecule has 1 amide bonds. The van der Waals surface area contributed by atoms with E-state index in [0.717, 1.165) is 24.6 Å². The van der Waals surface area contributed by atoms with Gasteiger partial charge in [-0.05, 0) is 52.9 Å². The summed E-state index contributed by atoms with van der Waals surface area (Å²) >= 11 is 6.69. The van der Waals surface area contributed by atoms with Gasteiger partial charge in [-0.1, -0.05) is 22.4 Å². The summed E-state index contributed by atoms with van der Waals surface area (Å²) < 4.78 is 0.596. The number of alkyl halides is 1. The summed E-state index contributed by atoms with van der Waals surface area (Å²) in [6.45, 7) is 0. The van der Waals surface area contributed by atoms with Gasteiger partial charge in [-0.15, -0.1) is 0 Å². The molecule has 1 saturated carbocycles. The zero-order chi connectivity index (χ0) is 13.1. The van der Waals surface area contributed by atoms with Gasteiger partial charge in [0.1, 0.15) is 5.75 Å². The van der Waals surface area contributed by atoms with Crippen molar-refractivity contribution in [2.24, 2.45) is 5.92 Å². The Morgan fingerprint density at radius 3 is 2.89 bits per heavy atom. The molecule has 1 aromatic carbocycles. The molecule has 2 atom stereocenters. The van der Waals surface area contributed by atoms with Crippen LogP contribution in [0.5, 0.6) is 5.75 Å². The van der Waals surface area contributed by atoms with E-state index in [-0.39, 0.29) is 17.7 Å². The summed E-state index contributed by atoms with van der Waals surface area (Å²) in [4.78, 5) is 12.1. The summed E-state index contributed by atoms with van der Waals surface area (Å²) in [5.74, 6) is 0.486. The van der Waals surface area contributed by atoms with E-state index in [1.807, 2.05) is 0 Å². The topological polar surface area (TPSA) is 49.3 Å². The summed E-state index contributed by atoms with van der Waals surface area (Å²) in [5, 5.41) is 13.5. The van der Waals surface area contributed by atoms with Crippen molar-refractivity contribution in [1.29, 1.82) is 0 Å². The van der Waals surface area contributed by atoms with Crippen LogP contribution in [0.3, 0.4) is 0 Å². The molecule has 0 spiro atoms. The lowest BCUT2D eigenvalue weighted by Crippen LogP contribution is -2.37. The van der Waals surface area contributed by atoms with E-state index in [0.29, 0.717) is 16.0 Å². The SMILES string of the molecule is O=C(NC1CCCC1CBr)c1ccc(Br)c(O)c1. The van der Waals surface area contributed by atoms with Crippen molar-refractivity contribution in [2.45, 2.75) is 25.3 Å². The average molecular weight is 377 g/mol. The molecule has 1 aliphatic carbocycles. The molecule has 0 aromatic heterocycles. The fourth-order valence-electron chi connectivity index (χ4n) is 2.32. The number of hydrogen-bond acceptors (Lipinski definition) is 2. The maximum absolute atomic E-state index is 12.1. The third kappa shape index (κ3) is 3.06. The highest BCUT2D eigenvalue weighted by molar-refractivity contribution is 9.10. The van der Waals surface area contributed by atoms with E-state index in [2.05, 4.69) is 37.2 Å². The highest BCUT2D eigenvalue weighted by Crippen LogP contribution is 2.28. The first kappa shape index (κ1) is 13.9. The van der Waals surface area contributed by atoms with Crippen molar-refractivity contribution in [2.75, 3.05) is 5.33 Å². The molecule has 0 heterocycles. The molecule has 2 N–H and O–H groups in total. The van der Waals surface area contributed by atoms with E-state index in [9.17, 15) is 9.90 Å². The van der Waals surface area contributed by atoms with Crippen LogP contribution >= 0.6 is 31.9 Å². The summed E-state index contributed by atoms with van der Waals surface area (Å²) in [6, 6.07) is 5.11. The first-order valence-corrected chi connectivity index (χ1v) is 7.88. The summed E-state index contributed by atoms with van der Waals surface area (Å²) in [7, 11) is 0. The number of rotatable bonds is 3. The van der Waals surface area contributed by atoms with Crippen LogP contribution in [0.4, 0.5) is 0 Å². The first-order valence-electron chi connectivity index (χ1n) is 5.97. The normalized spacial score (nSPS) is 23.0. The molecule has 1 aliphatic rings. The maximum atomic E-state index is 12.1. The monoisotopic (exact) mass is 375 g/mol. The molecule has 1 aromatic rings. The molecule has 1 fully saturated rings. The number of phenols is 1. The number of carbonyl (C=O) groups excluding carboxylic acids is 1. The number of benzene rings is 1. The van der Waals surface area contributed by atoms with Crippen LogP contribution in [-0.2, 0) is 0 Å². The lowest BCUT2D eigenvalue weighted by molar-refractivity contribution is 0.0930. The highest BCUT2D eigenvalue weighted by atomic mass is 79.9. The number of halogens is 2. The smallest absolute Gasteiger partial charge is 0.251 e. The molecule has 98 valence electrons. The molecule has 0 bridgehead atoms. The largest absolute Gasteiger partial charge is 0.507 e. The lowest BCUT2D eigenvalue weighted by Gasteiger charge is -2.19. The Kier molecular flexibility index (Phi) is 4.67. The van der Waals surface area contributed by atoms with Crippen molar-refractivity contribution >= 4 is 37.8 Å². The van der Waals surface area contributed by atoms with Gasteiger partial charge in [0.2, 0.25) is 0 Å². The maximum Gasteiger partial charge on any atom is 0.251 e. The van der Waals surface area contributed by atoms with Crippen LogP contribution in [0.15, 0.2) is 22.7 Å². The molecule has 2 unspecified atom stereocenters. The van der Waals surface area contributed by atoms with Gasteiger partial charge >= 0.3 is 0 Å². The van der Waals surface area contributed by atoms with Crippen LogP contribution in [0, 0.1) is 5.92 Å². The van der Waals surface area contributed by atoms with Gasteiger partial charge in [-0.25, -0.2) is 0 Å². The Labute approximate surface area is 123 Å². The van der Waals surface area contributed by atoms with Crippen LogP contribution in [-0.4, -0.2) is 22.4 Å². The van der Waals surface area contributed by atoms with Gasteiger partial charge < -0.3 is 10.4 Å². The molecule has 3 nitrogen and oxygen atoms in total. The zero-order valence-electron chi connectivity index (χ0n) is 9.83. The standard InChI is InChI=1S/C13H15Br2NO2/c14-7-9-2-1-3-11(9)16-13(18)8-4-5-10(15)12(17)6-8/h4-6,9,11,17H,1-3,7H2,(H,16,18). The molecule has 0 radical (unpaired) electrons. The fraction of sp³-hybridized carbons (Fsp3) is 0.462. The van der Waals surface area contributed by atoms with Gasteiger partial charge in [-0.3, -0.25) is 4.79 Å². The van der Waals surface area contributed by atoms with Crippen LogP contribution in [0.25, 0.3) is 0 Å². The van der Waals surface area contributed by atoms with Crippen LogP contribution in [0.1, 0.15) is 29.6 Å². The van der Waals surface area contributed by atoms with Gasteiger partial charge in [-0.2, -0.15) is 0 Å². The van der Waals surface area contributed by atoms with Crippen LogP contribution in [0.2, 0.25) is 0 Å². The number of phenolic OH excluding ortho intramolecular Hbond substituents is 1. The molecular weight excluding hydrogens is 362 g/mol.